The van der Waals surface area contributed by atoms with Crippen LogP contribution in [0.15, 0.2) is 101 Å². The van der Waals surface area contributed by atoms with Gasteiger partial charge < -0.3 is 14.2 Å². The minimum absolute atomic E-state index is 0.221. The molecule has 0 radical (unpaired) electrons. The number of hydrogen-bond donors (Lipinski definition) is 1. The van der Waals surface area contributed by atoms with Gasteiger partial charge in [0.1, 0.15) is 26.0 Å². The SMILES string of the molecule is O=C(OCC(COC(=O)c1ccccc1)OCn1c2c(c(=O)[nH]c1=O)C(c1ccccc1)SC2)c1ccccc1. The predicted octanol–water partition coefficient (Wildman–Crippen LogP) is 3.93. The predicted molar refractivity (Wildman–Crippen MR) is 149 cm³/mol. The number of thioether (sulfide) groups is 1. The summed E-state index contributed by atoms with van der Waals surface area (Å²) in [4.78, 5) is 53.0. The molecule has 0 amide bonds. The number of benzene rings is 3. The number of fused-ring (bicyclic) bond motifs is 1. The zero-order valence-electron chi connectivity index (χ0n) is 21.4. The Morgan fingerprint density at radius 3 is 1.90 bits per heavy atom. The van der Waals surface area contributed by atoms with Gasteiger partial charge in [0.05, 0.1) is 21.9 Å². The van der Waals surface area contributed by atoms with Crippen molar-refractivity contribution in [3.05, 3.63) is 140 Å². The maximum Gasteiger partial charge on any atom is 0.338 e. The van der Waals surface area contributed by atoms with Gasteiger partial charge in [-0.1, -0.05) is 66.7 Å². The van der Waals surface area contributed by atoms with Gasteiger partial charge in [-0.25, -0.2) is 14.4 Å². The van der Waals surface area contributed by atoms with Crippen LogP contribution in [0.5, 0.6) is 0 Å². The van der Waals surface area contributed by atoms with Gasteiger partial charge in [-0.05, 0) is 29.8 Å². The largest absolute Gasteiger partial charge is 0.459 e. The Morgan fingerprint density at radius 2 is 1.35 bits per heavy atom. The number of aromatic nitrogens is 2. The lowest BCUT2D eigenvalue weighted by molar-refractivity contribution is -0.0640. The fourth-order valence-electron chi connectivity index (χ4n) is 4.31. The summed E-state index contributed by atoms with van der Waals surface area (Å²) in [5.74, 6) is -0.686. The minimum Gasteiger partial charge on any atom is -0.459 e. The van der Waals surface area contributed by atoms with Crippen LogP contribution in [0.3, 0.4) is 0 Å². The Kier molecular flexibility index (Phi) is 8.58. The second-order valence-corrected chi connectivity index (χ2v) is 10.1. The summed E-state index contributed by atoms with van der Waals surface area (Å²) in [7, 11) is 0. The van der Waals surface area contributed by atoms with Crippen LogP contribution in [0.2, 0.25) is 0 Å². The molecule has 4 aromatic rings. The normalized spacial score (nSPS) is 14.1. The number of nitrogens with zero attached hydrogens (tertiary/aromatic N) is 1. The van der Waals surface area contributed by atoms with Crippen molar-refractivity contribution in [3.63, 3.8) is 0 Å². The van der Waals surface area contributed by atoms with E-state index in [2.05, 4.69) is 4.98 Å². The Morgan fingerprint density at radius 1 is 0.825 bits per heavy atom. The molecular formula is C30H26N2O7S. The van der Waals surface area contributed by atoms with Gasteiger partial charge >= 0.3 is 17.6 Å². The van der Waals surface area contributed by atoms with Crippen molar-refractivity contribution < 1.29 is 23.8 Å². The van der Waals surface area contributed by atoms with Crippen molar-refractivity contribution in [1.82, 2.24) is 9.55 Å². The lowest BCUT2D eigenvalue weighted by Crippen LogP contribution is -2.37. The molecule has 2 heterocycles. The van der Waals surface area contributed by atoms with E-state index in [-0.39, 0.29) is 25.2 Å². The summed E-state index contributed by atoms with van der Waals surface area (Å²) in [5.41, 5.74) is 1.71. The molecule has 204 valence electrons. The highest BCUT2D eigenvalue weighted by atomic mass is 32.2. The number of hydrogen-bond acceptors (Lipinski definition) is 8. The van der Waals surface area contributed by atoms with Gasteiger partial charge in [0.2, 0.25) is 0 Å². The number of carbonyl (C=O) groups is 2. The topological polar surface area (TPSA) is 117 Å². The maximum absolute atomic E-state index is 12.8. The average Bonchev–Trinajstić information content (AvgIpc) is 3.44. The summed E-state index contributed by atoms with van der Waals surface area (Å²) in [6, 6.07) is 26.5. The van der Waals surface area contributed by atoms with E-state index >= 15 is 0 Å². The van der Waals surface area contributed by atoms with E-state index in [1.54, 1.807) is 72.4 Å². The molecule has 0 fully saturated rings. The van der Waals surface area contributed by atoms with Gasteiger partial charge in [0.15, 0.2) is 0 Å². The molecule has 1 aromatic heterocycles. The average molecular weight is 559 g/mol. The quantitative estimate of drug-likeness (QED) is 0.291. The smallest absolute Gasteiger partial charge is 0.338 e. The van der Waals surface area contributed by atoms with Crippen molar-refractivity contribution in [2.45, 2.75) is 23.8 Å². The van der Waals surface area contributed by atoms with E-state index in [0.717, 1.165) is 5.56 Å². The number of nitrogens with one attached hydrogen (secondary N) is 1. The van der Waals surface area contributed by atoms with Crippen LogP contribution in [-0.2, 0) is 26.7 Å². The van der Waals surface area contributed by atoms with Crippen LogP contribution in [0, 0.1) is 0 Å². The highest BCUT2D eigenvalue weighted by Crippen LogP contribution is 2.43. The summed E-state index contributed by atoms with van der Waals surface area (Å²) in [6.07, 6.45) is -0.881. The van der Waals surface area contributed by atoms with Crippen LogP contribution >= 0.6 is 11.8 Å². The van der Waals surface area contributed by atoms with Gasteiger partial charge in [-0.3, -0.25) is 14.3 Å². The minimum atomic E-state index is -0.881. The first-order chi connectivity index (χ1) is 19.5. The molecule has 1 aliphatic rings. The lowest BCUT2D eigenvalue weighted by Gasteiger charge is -2.20. The maximum atomic E-state index is 12.8. The van der Waals surface area contributed by atoms with Crippen molar-refractivity contribution in [1.29, 1.82) is 0 Å². The fourth-order valence-corrected chi connectivity index (χ4v) is 5.70. The molecule has 1 N–H and O–H groups in total. The lowest BCUT2D eigenvalue weighted by atomic mass is 10.0. The standard InChI is InChI=1S/C30H26N2O7S/c33-27-25-24(18-40-26(25)20-10-4-1-5-11-20)32(30(36)31-27)19-39-23(16-37-28(34)21-12-6-2-7-13-21)17-38-29(35)22-14-8-3-9-15-22/h1-15,23,26H,16-19H2,(H,31,33,36). The van der Waals surface area contributed by atoms with Crippen molar-refractivity contribution in [2.24, 2.45) is 0 Å². The first-order valence-corrected chi connectivity index (χ1v) is 13.6. The molecule has 0 bridgehead atoms. The van der Waals surface area contributed by atoms with E-state index in [9.17, 15) is 19.2 Å². The molecule has 1 aliphatic heterocycles. The van der Waals surface area contributed by atoms with E-state index in [0.29, 0.717) is 28.1 Å². The number of H-pyrrole nitrogens is 1. The summed E-state index contributed by atoms with van der Waals surface area (Å²) < 4.78 is 18.2. The molecule has 10 heteroatoms. The Labute approximate surface area is 233 Å². The monoisotopic (exact) mass is 558 g/mol. The summed E-state index contributed by atoms with van der Waals surface area (Å²) in [5, 5.41) is -0.221. The molecule has 0 saturated carbocycles. The third-order valence-electron chi connectivity index (χ3n) is 6.36. The highest BCUT2D eigenvalue weighted by molar-refractivity contribution is 7.99. The Bertz CT molecular complexity index is 1530. The number of esters is 2. The molecule has 0 saturated heterocycles. The van der Waals surface area contributed by atoms with Crippen LogP contribution in [0.1, 0.15) is 42.8 Å². The van der Waals surface area contributed by atoms with Gasteiger partial charge in [0, 0.05) is 11.4 Å². The first-order valence-electron chi connectivity index (χ1n) is 12.6. The zero-order chi connectivity index (χ0) is 27.9. The fraction of sp³-hybridized carbons (Fsp3) is 0.200. The Balaban J connectivity index is 1.33. The van der Waals surface area contributed by atoms with Gasteiger partial charge in [0.25, 0.3) is 5.56 Å². The molecule has 0 spiro atoms. The van der Waals surface area contributed by atoms with Crippen molar-refractivity contribution in [3.8, 4) is 0 Å². The number of rotatable bonds is 10. The third-order valence-corrected chi connectivity index (χ3v) is 7.64. The van der Waals surface area contributed by atoms with E-state index in [4.69, 9.17) is 14.2 Å². The first kappa shape index (κ1) is 27.2. The van der Waals surface area contributed by atoms with E-state index < -0.39 is 29.3 Å². The van der Waals surface area contributed by atoms with Crippen LogP contribution < -0.4 is 11.2 Å². The second kappa shape index (κ2) is 12.6. The molecule has 1 unspecified atom stereocenters. The molecule has 40 heavy (non-hydrogen) atoms. The van der Waals surface area contributed by atoms with Crippen molar-refractivity contribution in [2.75, 3.05) is 13.2 Å². The molecule has 3 aromatic carbocycles. The van der Waals surface area contributed by atoms with Crippen LogP contribution in [0.4, 0.5) is 0 Å². The molecule has 9 nitrogen and oxygen atoms in total. The Hall–Kier alpha value is -4.41. The second-order valence-electron chi connectivity index (χ2n) is 9.00. The van der Waals surface area contributed by atoms with Crippen LogP contribution in [-0.4, -0.2) is 40.8 Å². The van der Waals surface area contributed by atoms with Gasteiger partial charge in [-0.15, -0.1) is 11.8 Å². The van der Waals surface area contributed by atoms with E-state index in [1.165, 1.54) is 4.57 Å². The number of aromatic amines is 1. The summed E-state index contributed by atoms with van der Waals surface area (Å²) in [6.45, 7) is -0.689. The molecule has 1 atom stereocenters. The third kappa shape index (κ3) is 6.24. The molecular weight excluding hydrogens is 532 g/mol. The zero-order valence-corrected chi connectivity index (χ0v) is 22.2. The van der Waals surface area contributed by atoms with Crippen molar-refractivity contribution >= 4 is 23.7 Å². The molecule has 5 rings (SSSR count). The van der Waals surface area contributed by atoms with Gasteiger partial charge in [-0.2, -0.15) is 0 Å². The molecule has 0 aliphatic carbocycles. The number of carbonyl (C=O) groups excluding carboxylic acids is 2. The summed E-state index contributed by atoms with van der Waals surface area (Å²) >= 11 is 1.55. The number of ether oxygens (including phenoxy) is 3. The van der Waals surface area contributed by atoms with Crippen LogP contribution in [0.25, 0.3) is 0 Å². The highest BCUT2D eigenvalue weighted by Gasteiger charge is 2.31. The van der Waals surface area contributed by atoms with E-state index in [1.807, 2.05) is 30.3 Å².